The lowest BCUT2D eigenvalue weighted by Crippen LogP contribution is -2.39. The topological polar surface area (TPSA) is 73.6 Å². The lowest BCUT2D eigenvalue weighted by molar-refractivity contribution is 0.0238. The summed E-state index contributed by atoms with van der Waals surface area (Å²) in [5.41, 5.74) is 6.86. The van der Waals surface area contributed by atoms with E-state index in [1.54, 1.807) is 18.2 Å². The molecule has 3 N–H and O–H groups in total. The van der Waals surface area contributed by atoms with Crippen LogP contribution in [0.2, 0.25) is 0 Å². The van der Waals surface area contributed by atoms with Gasteiger partial charge >= 0.3 is 0 Å². The molecule has 0 spiro atoms. The smallest absolute Gasteiger partial charge is 0.255 e. The molecule has 1 aliphatic heterocycles. The van der Waals surface area contributed by atoms with Gasteiger partial charge in [0.05, 0.1) is 18.4 Å². The Balaban J connectivity index is 2.03. The second-order valence-corrected chi connectivity index (χ2v) is 5.53. The first-order chi connectivity index (χ1) is 9.56. The highest BCUT2D eigenvalue weighted by molar-refractivity contribution is 5.98. The average molecular weight is 278 g/mol. The van der Waals surface area contributed by atoms with Crippen LogP contribution in [0.5, 0.6) is 5.75 Å². The fourth-order valence-corrected chi connectivity index (χ4v) is 2.39. The monoisotopic (exact) mass is 278 g/mol. The zero-order valence-electron chi connectivity index (χ0n) is 12.1. The average Bonchev–Trinajstić information content (AvgIpc) is 2.45. The van der Waals surface area contributed by atoms with E-state index < -0.39 is 0 Å². The van der Waals surface area contributed by atoms with Crippen LogP contribution in [0.4, 0.5) is 5.69 Å². The van der Waals surface area contributed by atoms with Crippen molar-refractivity contribution in [3.8, 4) is 5.75 Å². The predicted molar refractivity (Wildman–Crippen MR) is 77.9 cm³/mol. The molecule has 1 aromatic rings. The second kappa shape index (κ2) is 6.13. The summed E-state index contributed by atoms with van der Waals surface area (Å²) < 4.78 is 10.6. The van der Waals surface area contributed by atoms with Crippen molar-refractivity contribution < 1.29 is 14.3 Å². The largest absolute Gasteiger partial charge is 0.494 e. The van der Waals surface area contributed by atoms with E-state index in [9.17, 15) is 4.79 Å². The van der Waals surface area contributed by atoms with Crippen molar-refractivity contribution in [3.05, 3.63) is 23.8 Å². The van der Waals surface area contributed by atoms with Gasteiger partial charge in [-0.1, -0.05) is 13.0 Å². The summed E-state index contributed by atoms with van der Waals surface area (Å²) in [5.74, 6) is 0.281. The normalized spacial score (nSPS) is 17.5. The van der Waals surface area contributed by atoms with Gasteiger partial charge in [0.25, 0.3) is 5.91 Å². The number of carbonyl (C=O) groups excluding carboxylic acids is 1. The van der Waals surface area contributed by atoms with E-state index in [2.05, 4.69) is 12.2 Å². The van der Waals surface area contributed by atoms with E-state index in [1.807, 2.05) is 0 Å². The zero-order chi connectivity index (χ0) is 14.6. The predicted octanol–water partition coefficient (Wildman–Crippen LogP) is 1.82. The number of ether oxygens (including phenoxy) is 2. The first-order valence-corrected chi connectivity index (χ1v) is 6.84. The van der Waals surface area contributed by atoms with E-state index in [4.69, 9.17) is 15.2 Å². The first kappa shape index (κ1) is 14.7. The highest BCUT2D eigenvalue weighted by Gasteiger charge is 2.28. The maximum absolute atomic E-state index is 12.3. The number of benzene rings is 1. The number of nitrogen functional groups attached to an aromatic ring is 1. The molecule has 1 heterocycles. The van der Waals surface area contributed by atoms with Gasteiger partial charge in [0.1, 0.15) is 0 Å². The summed E-state index contributed by atoms with van der Waals surface area (Å²) in [6.45, 7) is 4.32. The van der Waals surface area contributed by atoms with Gasteiger partial charge in [-0.25, -0.2) is 0 Å². The summed E-state index contributed by atoms with van der Waals surface area (Å²) in [4.78, 5) is 12.3. The number of anilines is 1. The van der Waals surface area contributed by atoms with Crippen LogP contribution in [0.15, 0.2) is 18.2 Å². The molecule has 0 aliphatic carbocycles. The van der Waals surface area contributed by atoms with E-state index in [0.717, 1.165) is 26.1 Å². The van der Waals surface area contributed by atoms with Crippen molar-refractivity contribution in [2.45, 2.75) is 19.8 Å². The van der Waals surface area contributed by atoms with Gasteiger partial charge in [-0.15, -0.1) is 0 Å². The Morgan fingerprint density at radius 2 is 2.15 bits per heavy atom. The fraction of sp³-hybridized carbons (Fsp3) is 0.533. The minimum atomic E-state index is -0.151. The number of amides is 1. The Labute approximate surface area is 119 Å². The lowest BCUT2D eigenvalue weighted by atomic mass is 9.82. The van der Waals surface area contributed by atoms with Gasteiger partial charge in [0.15, 0.2) is 5.75 Å². The van der Waals surface area contributed by atoms with E-state index >= 15 is 0 Å². The number of hydrogen-bond acceptors (Lipinski definition) is 4. The quantitative estimate of drug-likeness (QED) is 0.824. The van der Waals surface area contributed by atoms with Gasteiger partial charge in [0, 0.05) is 19.8 Å². The molecule has 0 bridgehead atoms. The van der Waals surface area contributed by atoms with E-state index in [0.29, 0.717) is 23.5 Å². The standard InChI is InChI=1S/C15H22N2O3/c1-15(6-8-20-9-7-15)10-17-14(18)11-4-3-5-12(16)13(11)19-2/h3-5H,6-10,16H2,1-2H3,(H,17,18). The number of nitrogens with one attached hydrogen (secondary N) is 1. The molecule has 110 valence electrons. The van der Waals surface area contributed by atoms with Crippen molar-refractivity contribution >= 4 is 11.6 Å². The molecule has 0 atom stereocenters. The number of carbonyl (C=O) groups is 1. The number of para-hydroxylation sites is 1. The van der Waals surface area contributed by atoms with Gasteiger partial charge in [-0.3, -0.25) is 4.79 Å². The van der Waals surface area contributed by atoms with Crippen LogP contribution in [0.25, 0.3) is 0 Å². The summed E-state index contributed by atoms with van der Waals surface area (Å²) in [5, 5.41) is 2.98. The summed E-state index contributed by atoms with van der Waals surface area (Å²) in [7, 11) is 1.52. The molecule has 0 saturated carbocycles. The molecule has 20 heavy (non-hydrogen) atoms. The number of rotatable bonds is 4. The summed E-state index contributed by atoms with van der Waals surface area (Å²) in [6, 6.07) is 5.19. The molecule has 0 unspecified atom stereocenters. The fourth-order valence-electron chi connectivity index (χ4n) is 2.39. The molecular weight excluding hydrogens is 256 g/mol. The molecule has 1 aromatic carbocycles. The Bertz CT molecular complexity index is 482. The molecule has 1 aliphatic rings. The second-order valence-electron chi connectivity index (χ2n) is 5.53. The van der Waals surface area contributed by atoms with Crippen LogP contribution in [-0.4, -0.2) is 32.8 Å². The summed E-state index contributed by atoms with van der Waals surface area (Å²) >= 11 is 0. The minimum absolute atomic E-state index is 0.0987. The van der Waals surface area contributed by atoms with Gasteiger partial charge in [-0.2, -0.15) is 0 Å². The maximum Gasteiger partial charge on any atom is 0.255 e. The highest BCUT2D eigenvalue weighted by Crippen LogP contribution is 2.29. The number of methoxy groups -OCH3 is 1. The van der Waals surface area contributed by atoms with Crippen LogP contribution >= 0.6 is 0 Å². The third-order valence-electron chi connectivity index (χ3n) is 3.87. The van der Waals surface area contributed by atoms with Crippen molar-refractivity contribution in [2.24, 2.45) is 5.41 Å². The molecule has 1 amide bonds. The van der Waals surface area contributed by atoms with E-state index in [1.165, 1.54) is 7.11 Å². The zero-order valence-corrected chi connectivity index (χ0v) is 12.1. The van der Waals surface area contributed by atoms with Crippen molar-refractivity contribution in [2.75, 3.05) is 32.6 Å². The third-order valence-corrected chi connectivity index (χ3v) is 3.87. The number of nitrogens with two attached hydrogens (primary N) is 1. The molecule has 2 rings (SSSR count). The Morgan fingerprint density at radius 1 is 1.45 bits per heavy atom. The van der Waals surface area contributed by atoms with E-state index in [-0.39, 0.29) is 11.3 Å². The van der Waals surface area contributed by atoms with Crippen molar-refractivity contribution in [3.63, 3.8) is 0 Å². The summed E-state index contributed by atoms with van der Waals surface area (Å²) in [6.07, 6.45) is 1.92. The van der Waals surface area contributed by atoms with Crippen LogP contribution in [0.3, 0.4) is 0 Å². The first-order valence-electron chi connectivity index (χ1n) is 6.84. The van der Waals surface area contributed by atoms with Gasteiger partial charge in [0.2, 0.25) is 0 Å². The SMILES string of the molecule is COc1c(N)cccc1C(=O)NCC1(C)CCOCC1. The van der Waals surface area contributed by atoms with Gasteiger partial charge in [-0.05, 0) is 30.4 Å². The minimum Gasteiger partial charge on any atom is -0.494 e. The molecular formula is C15H22N2O3. The Morgan fingerprint density at radius 3 is 2.80 bits per heavy atom. The Hall–Kier alpha value is -1.75. The highest BCUT2D eigenvalue weighted by atomic mass is 16.5. The van der Waals surface area contributed by atoms with Crippen molar-refractivity contribution in [1.29, 1.82) is 0 Å². The lowest BCUT2D eigenvalue weighted by Gasteiger charge is -2.33. The van der Waals surface area contributed by atoms with Gasteiger partial charge < -0.3 is 20.5 Å². The molecule has 0 radical (unpaired) electrons. The molecule has 0 aromatic heterocycles. The molecule has 5 heteroatoms. The molecule has 1 fully saturated rings. The van der Waals surface area contributed by atoms with Crippen molar-refractivity contribution in [1.82, 2.24) is 5.32 Å². The molecule has 5 nitrogen and oxygen atoms in total. The number of hydrogen-bond donors (Lipinski definition) is 2. The Kier molecular flexibility index (Phi) is 4.49. The maximum atomic E-state index is 12.3. The van der Waals surface area contributed by atoms with Crippen LogP contribution in [0.1, 0.15) is 30.1 Å². The molecule has 1 saturated heterocycles. The van der Waals surface area contributed by atoms with Crippen LogP contribution in [-0.2, 0) is 4.74 Å². The van der Waals surface area contributed by atoms with Crippen LogP contribution in [0, 0.1) is 5.41 Å². The van der Waals surface area contributed by atoms with Crippen LogP contribution < -0.4 is 15.8 Å². The third kappa shape index (κ3) is 3.22.